The molecule has 0 bridgehead atoms. The maximum absolute atomic E-state index is 11.6. The van der Waals surface area contributed by atoms with Crippen molar-refractivity contribution >= 4 is 15.6 Å². The zero-order valence-electron chi connectivity index (χ0n) is 9.30. The number of sulfone groups is 1. The van der Waals surface area contributed by atoms with Gasteiger partial charge in [-0.05, 0) is 11.6 Å². The highest BCUT2D eigenvalue weighted by molar-refractivity contribution is 7.90. The van der Waals surface area contributed by atoms with Crippen molar-refractivity contribution < 1.29 is 13.2 Å². The molecular formula is C12H11NO3S. The lowest BCUT2D eigenvalue weighted by Crippen LogP contribution is -2.41. The van der Waals surface area contributed by atoms with Gasteiger partial charge in [-0.25, -0.2) is 8.42 Å². The van der Waals surface area contributed by atoms with Gasteiger partial charge in [-0.2, -0.15) is 5.26 Å². The molecule has 0 aromatic heterocycles. The van der Waals surface area contributed by atoms with Gasteiger partial charge in [-0.3, -0.25) is 4.79 Å². The Kier molecular flexibility index (Phi) is 2.55. The second kappa shape index (κ2) is 3.67. The maximum atomic E-state index is 11.6. The van der Waals surface area contributed by atoms with Crippen LogP contribution in [0.1, 0.15) is 18.4 Å². The minimum absolute atomic E-state index is 0.00476. The number of hydrogen-bond donors (Lipinski definition) is 0. The topological polar surface area (TPSA) is 75.0 Å². The number of Topliss-reactive ketones (excluding diaryl/α,β-unsaturated/α-hetero) is 1. The van der Waals surface area contributed by atoms with Gasteiger partial charge in [0.05, 0.1) is 16.4 Å². The van der Waals surface area contributed by atoms with Crippen LogP contribution in [0.5, 0.6) is 0 Å². The molecule has 0 spiro atoms. The molecule has 0 amide bonds. The normalized spacial score (nSPS) is 18.2. The van der Waals surface area contributed by atoms with E-state index in [0.717, 1.165) is 6.26 Å². The number of benzene rings is 1. The summed E-state index contributed by atoms with van der Waals surface area (Å²) >= 11 is 0. The Morgan fingerprint density at radius 3 is 2.35 bits per heavy atom. The van der Waals surface area contributed by atoms with Gasteiger partial charge in [0.15, 0.2) is 9.84 Å². The van der Waals surface area contributed by atoms with Crippen molar-refractivity contribution in [3.63, 3.8) is 0 Å². The average Bonchev–Trinajstić information content (AvgIpc) is 2.23. The molecule has 0 radical (unpaired) electrons. The van der Waals surface area contributed by atoms with Crippen molar-refractivity contribution in [3.05, 3.63) is 29.8 Å². The van der Waals surface area contributed by atoms with Crippen molar-refractivity contribution in [1.29, 1.82) is 5.26 Å². The summed E-state index contributed by atoms with van der Waals surface area (Å²) in [6, 6.07) is 8.49. The lowest BCUT2D eigenvalue weighted by Gasteiger charge is -2.35. The summed E-state index contributed by atoms with van der Waals surface area (Å²) < 4.78 is 23.3. The smallest absolute Gasteiger partial charge is 0.175 e. The summed E-state index contributed by atoms with van der Waals surface area (Å²) in [6.45, 7) is 0. The van der Waals surface area contributed by atoms with E-state index in [4.69, 9.17) is 0 Å². The van der Waals surface area contributed by atoms with E-state index in [1.54, 1.807) is 18.2 Å². The number of carbonyl (C=O) groups is 1. The van der Waals surface area contributed by atoms with E-state index >= 15 is 0 Å². The number of hydrogen-bond acceptors (Lipinski definition) is 4. The lowest BCUT2D eigenvalue weighted by atomic mass is 9.65. The molecule has 1 aromatic rings. The third-order valence-corrected chi connectivity index (χ3v) is 4.17. The number of carbonyl (C=O) groups excluding carboxylic acids is 1. The van der Waals surface area contributed by atoms with Gasteiger partial charge < -0.3 is 0 Å². The van der Waals surface area contributed by atoms with Crippen LogP contribution in [0.15, 0.2) is 29.2 Å². The number of nitriles is 1. The van der Waals surface area contributed by atoms with Crippen LogP contribution in [-0.4, -0.2) is 20.5 Å². The molecule has 1 fully saturated rings. The molecule has 0 saturated heterocycles. The van der Waals surface area contributed by atoms with E-state index in [0.29, 0.717) is 5.56 Å². The number of nitrogens with zero attached hydrogens (tertiary/aromatic N) is 1. The molecule has 0 N–H and O–H groups in total. The molecule has 2 rings (SSSR count). The van der Waals surface area contributed by atoms with Crippen molar-refractivity contribution in [2.75, 3.05) is 6.26 Å². The molecule has 0 aliphatic heterocycles. The van der Waals surface area contributed by atoms with Crippen LogP contribution in [0.4, 0.5) is 0 Å². The van der Waals surface area contributed by atoms with Crippen LogP contribution < -0.4 is 0 Å². The highest BCUT2D eigenvalue weighted by Gasteiger charge is 2.47. The second-order valence-electron chi connectivity index (χ2n) is 4.35. The fraction of sp³-hybridized carbons (Fsp3) is 0.333. The first-order chi connectivity index (χ1) is 7.89. The third-order valence-electron chi connectivity index (χ3n) is 3.01. The molecule has 1 aliphatic rings. The summed E-state index contributed by atoms with van der Waals surface area (Å²) in [5, 5.41) is 9.20. The Morgan fingerprint density at radius 2 is 1.88 bits per heavy atom. The van der Waals surface area contributed by atoms with Crippen LogP contribution in [0, 0.1) is 11.3 Å². The molecule has 0 heterocycles. The molecular weight excluding hydrogens is 238 g/mol. The van der Waals surface area contributed by atoms with Gasteiger partial charge in [0.2, 0.25) is 0 Å². The van der Waals surface area contributed by atoms with E-state index < -0.39 is 15.3 Å². The fourth-order valence-electron chi connectivity index (χ4n) is 2.14. The first kappa shape index (κ1) is 11.8. The standard InChI is InChI=1S/C12H11NO3S/c1-17(15,16)11-5-3-2-4-10(11)12(8-13)6-9(14)7-12/h2-5H,6-7H2,1H3. The van der Waals surface area contributed by atoms with Crippen molar-refractivity contribution in [1.82, 2.24) is 0 Å². The number of rotatable bonds is 2. The molecule has 1 aliphatic carbocycles. The van der Waals surface area contributed by atoms with Crippen LogP contribution in [0.25, 0.3) is 0 Å². The second-order valence-corrected chi connectivity index (χ2v) is 6.34. The van der Waals surface area contributed by atoms with E-state index in [1.807, 2.05) is 0 Å². The van der Waals surface area contributed by atoms with Gasteiger partial charge in [0, 0.05) is 19.1 Å². The minimum atomic E-state index is -3.38. The van der Waals surface area contributed by atoms with Crippen LogP contribution in [0.2, 0.25) is 0 Å². The summed E-state index contributed by atoms with van der Waals surface area (Å²) in [5.74, 6) is -0.00476. The Bertz CT molecular complexity index is 617. The largest absolute Gasteiger partial charge is 0.300 e. The molecule has 0 unspecified atom stereocenters. The SMILES string of the molecule is CS(=O)(=O)c1ccccc1C1(C#N)CC(=O)C1. The fourth-order valence-corrected chi connectivity index (χ4v) is 3.13. The van der Waals surface area contributed by atoms with E-state index in [1.165, 1.54) is 6.07 Å². The molecule has 1 saturated carbocycles. The molecule has 5 heteroatoms. The first-order valence-corrected chi connectivity index (χ1v) is 7.01. The van der Waals surface area contributed by atoms with Crippen LogP contribution in [0.3, 0.4) is 0 Å². The Morgan fingerprint density at radius 1 is 1.29 bits per heavy atom. The highest BCUT2D eigenvalue weighted by Crippen LogP contribution is 2.43. The van der Waals surface area contributed by atoms with Gasteiger partial charge in [-0.15, -0.1) is 0 Å². The summed E-state index contributed by atoms with van der Waals surface area (Å²) in [4.78, 5) is 11.3. The van der Waals surface area contributed by atoms with Gasteiger partial charge in [0.1, 0.15) is 5.78 Å². The monoisotopic (exact) mass is 249 g/mol. The molecule has 17 heavy (non-hydrogen) atoms. The van der Waals surface area contributed by atoms with Gasteiger partial charge in [0.25, 0.3) is 0 Å². The summed E-state index contributed by atoms with van der Waals surface area (Å²) in [6.07, 6.45) is 1.32. The number of ketones is 1. The summed E-state index contributed by atoms with van der Waals surface area (Å²) in [7, 11) is -3.38. The highest BCUT2D eigenvalue weighted by atomic mass is 32.2. The quantitative estimate of drug-likeness (QED) is 0.789. The predicted octanol–water partition coefficient (Wildman–Crippen LogP) is 1.21. The van der Waals surface area contributed by atoms with E-state index in [2.05, 4.69) is 6.07 Å². The predicted molar refractivity (Wildman–Crippen MR) is 61.1 cm³/mol. The van der Waals surface area contributed by atoms with E-state index in [-0.39, 0.29) is 23.5 Å². The Hall–Kier alpha value is -1.67. The summed E-state index contributed by atoms with van der Waals surface area (Å²) in [5.41, 5.74) is -0.499. The molecule has 4 nitrogen and oxygen atoms in total. The minimum Gasteiger partial charge on any atom is -0.300 e. The average molecular weight is 249 g/mol. The lowest BCUT2D eigenvalue weighted by molar-refractivity contribution is -0.126. The van der Waals surface area contributed by atoms with Gasteiger partial charge in [-0.1, -0.05) is 18.2 Å². The van der Waals surface area contributed by atoms with Gasteiger partial charge >= 0.3 is 0 Å². The first-order valence-electron chi connectivity index (χ1n) is 5.12. The van der Waals surface area contributed by atoms with Crippen molar-refractivity contribution in [3.8, 4) is 6.07 Å². The van der Waals surface area contributed by atoms with Crippen LogP contribution >= 0.6 is 0 Å². The van der Waals surface area contributed by atoms with Crippen molar-refractivity contribution in [2.24, 2.45) is 0 Å². The third kappa shape index (κ3) is 1.85. The van der Waals surface area contributed by atoms with E-state index in [9.17, 15) is 18.5 Å². The molecule has 88 valence electrons. The van der Waals surface area contributed by atoms with Crippen LogP contribution in [-0.2, 0) is 20.0 Å². The zero-order valence-corrected chi connectivity index (χ0v) is 10.1. The molecule has 1 aromatic carbocycles. The van der Waals surface area contributed by atoms with Crippen molar-refractivity contribution in [2.45, 2.75) is 23.2 Å². The Labute approximate surface area is 99.8 Å². The zero-order chi connectivity index (χ0) is 12.7. The Balaban J connectivity index is 2.62. The molecule has 0 atom stereocenters. The maximum Gasteiger partial charge on any atom is 0.175 e.